The normalized spacial score (nSPS) is 16.3. The van der Waals surface area contributed by atoms with Crippen molar-refractivity contribution in [2.45, 2.75) is 6.92 Å². The number of carboxylic acid groups (broad SMARTS) is 1. The van der Waals surface area contributed by atoms with E-state index in [1.807, 2.05) is 6.92 Å². The van der Waals surface area contributed by atoms with Crippen LogP contribution in [-0.4, -0.2) is 33.6 Å². The molecular formula is C23H16Cl2N2O4S. The van der Waals surface area contributed by atoms with Gasteiger partial charge in [0.05, 0.1) is 21.2 Å². The third kappa shape index (κ3) is 4.60. The van der Waals surface area contributed by atoms with Gasteiger partial charge in [0.1, 0.15) is 11.5 Å². The Morgan fingerprint density at radius 3 is 2.59 bits per heavy atom. The van der Waals surface area contributed by atoms with Gasteiger partial charge in [0.2, 0.25) is 0 Å². The zero-order valence-corrected chi connectivity index (χ0v) is 19.0. The highest BCUT2D eigenvalue weighted by Crippen LogP contribution is 2.36. The summed E-state index contributed by atoms with van der Waals surface area (Å²) in [6.45, 7) is 2.30. The molecule has 1 fully saturated rings. The zero-order valence-electron chi connectivity index (χ0n) is 16.7. The molecule has 0 radical (unpaired) electrons. The maximum absolute atomic E-state index is 12.9. The third-order valence-electron chi connectivity index (χ3n) is 4.64. The number of benzene rings is 2. The van der Waals surface area contributed by atoms with E-state index in [0.29, 0.717) is 49.4 Å². The zero-order chi connectivity index (χ0) is 22.8. The lowest BCUT2D eigenvalue weighted by molar-refractivity contribution is -0.122. The molecule has 1 N–H and O–H groups in total. The fourth-order valence-electron chi connectivity index (χ4n) is 3.05. The van der Waals surface area contributed by atoms with Crippen molar-refractivity contribution in [3.63, 3.8) is 0 Å². The number of furan rings is 1. The Labute approximate surface area is 198 Å². The predicted octanol–water partition coefficient (Wildman–Crippen LogP) is 6.58. The van der Waals surface area contributed by atoms with Gasteiger partial charge in [-0.05, 0) is 73.3 Å². The number of nitrogens with zero attached hydrogens (tertiary/aromatic N) is 2. The molecule has 1 amide bonds. The van der Waals surface area contributed by atoms with Crippen LogP contribution in [0.1, 0.15) is 23.0 Å². The first-order chi connectivity index (χ1) is 15.4. The van der Waals surface area contributed by atoms with Crippen LogP contribution in [0.15, 0.2) is 68.9 Å². The fraction of sp³-hybridized carbons (Fsp3) is 0.0870. The summed E-state index contributed by atoms with van der Waals surface area (Å²) in [6.07, 6.45) is 1.66. The minimum Gasteiger partial charge on any atom is -0.478 e. The summed E-state index contributed by atoms with van der Waals surface area (Å²) in [5.74, 6) is -0.154. The second kappa shape index (κ2) is 9.24. The standard InChI is InChI=1S/C23H16Cl2N2O4S/c1-2-27-21(28)20(32-23(27)26-15-6-3-13(4-7-15)22(29)30)12-16-8-10-19(31-16)17-11-14(24)5-9-18(17)25/h3-12H,2H2,1H3,(H,29,30)/b20-12+,26-23?. The van der Waals surface area contributed by atoms with Crippen molar-refractivity contribution < 1.29 is 19.1 Å². The van der Waals surface area contributed by atoms with E-state index < -0.39 is 5.97 Å². The molecule has 1 saturated heterocycles. The maximum atomic E-state index is 12.9. The van der Waals surface area contributed by atoms with E-state index in [4.69, 9.17) is 32.7 Å². The first-order valence-electron chi connectivity index (χ1n) is 9.54. The average Bonchev–Trinajstić information content (AvgIpc) is 3.35. The number of carbonyl (C=O) groups excluding carboxylic acids is 1. The average molecular weight is 487 g/mol. The van der Waals surface area contributed by atoms with Crippen molar-refractivity contribution in [1.29, 1.82) is 0 Å². The first-order valence-corrected chi connectivity index (χ1v) is 11.1. The van der Waals surface area contributed by atoms with Crippen LogP contribution in [0.25, 0.3) is 17.4 Å². The molecule has 0 spiro atoms. The van der Waals surface area contributed by atoms with Crippen molar-refractivity contribution in [3.8, 4) is 11.3 Å². The summed E-state index contributed by atoms with van der Waals surface area (Å²) in [5, 5.41) is 10.6. The van der Waals surface area contributed by atoms with E-state index in [9.17, 15) is 9.59 Å². The number of aliphatic imine (C=N–C) groups is 1. The number of rotatable bonds is 5. The number of hydrogen-bond donors (Lipinski definition) is 1. The minimum atomic E-state index is -1.01. The van der Waals surface area contributed by atoms with Gasteiger partial charge in [-0.1, -0.05) is 23.2 Å². The number of halogens is 2. The van der Waals surface area contributed by atoms with E-state index in [0.717, 1.165) is 0 Å². The van der Waals surface area contributed by atoms with Crippen LogP contribution >= 0.6 is 35.0 Å². The van der Waals surface area contributed by atoms with Crippen LogP contribution < -0.4 is 0 Å². The molecule has 1 aromatic heterocycles. The molecule has 2 heterocycles. The summed E-state index contributed by atoms with van der Waals surface area (Å²) in [4.78, 5) is 30.4. The largest absolute Gasteiger partial charge is 0.478 e. The quantitative estimate of drug-likeness (QED) is 0.412. The van der Waals surface area contributed by atoms with Crippen molar-refractivity contribution in [3.05, 3.63) is 80.9 Å². The van der Waals surface area contributed by atoms with Gasteiger partial charge in [-0.25, -0.2) is 9.79 Å². The minimum absolute atomic E-state index is 0.172. The van der Waals surface area contributed by atoms with Crippen molar-refractivity contribution in [2.75, 3.05) is 6.54 Å². The van der Waals surface area contributed by atoms with Crippen molar-refractivity contribution in [2.24, 2.45) is 4.99 Å². The van der Waals surface area contributed by atoms with Gasteiger partial charge < -0.3 is 9.52 Å². The summed E-state index contributed by atoms with van der Waals surface area (Å²) >= 11 is 13.5. The van der Waals surface area contributed by atoms with Gasteiger partial charge in [0, 0.05) is 23.2 Å². The Kier molecular flexibility index (Phi) is 6.41. The number of likely N-dealkylation sites (N-methyl/N-ethyl adjacent to an activating group) is 1. The van der Waals surface area contributed by atoms with Crippen LogP contribution in [0.5, 0.6) is 0 Å². The molecule has 0 bridgehead atoms. The Morgan fingerprint density at radius 2 is 1.91 bits per heavy atom. The lowest BCUT2D eigenvalue weighted by Crippen LogP contribution is -2.28. The number of carboxylic acids is 1. The Bertz CT molecular complexity index is 1270. The number of hydrogen-bond acceptors (Lipinski definition) is 5. The van der Waals surface area contributed by atoms with E-state index in [2.05, 4.69) is 4.99 Å². The van der Waals surface area contributed by atoms with Crippen LogP contribution in [0, 0.1) is 0 Å². The lowest BCUT2D eigenvalue weighted by Gasteiger charge is -2.11. The fourth-order valence-corrected chi connectivity index (χ4v) is 4.48. The summed E-state index contributed by atoms with van der Waals surface area (Å²) < 4.78 is 5.87. The molecule has 2 aromatic carbocycles. The van der Waals surface area contributed by atoms with E-state index >= 15 is 0 Å². The Morgan fingerprint density at radius 1 is 1.16 bits per heavy atom. The van der Waals surface area contributed by atoms with Crippen LogP contribution in [0.4, 0.5) is 5.69 Å². The molecule has 9 heteroatoms. The Balaban J connectivity index is 1.61. The van der Waals surface area contributed by atoms with Gasteiger partial charge in [0.25, 0.3) is 5.91 Å². The number of amidine groups is 1. The summed E-state index contributed by atoms with van der Waals surface area (Å²) in [7, 11) is 0. The number of amides is 1. The van der Waals surface area contributed by atoms with Gasteiger partial charge in [0.15, 0.2) is 5.17 Å². The van der Waals surface area contributed by atoms with E-state index in [1.54, 1.807) is 53.4 Å². The van der Waals surface area contributed by atoms with Gasteiger partial charge >= 0.3 is 5.97 Å². The highest BCUT2D eigenvalue weighted by atomic mass is 35.5. The molecule has 3 aromatic rings. The molecular weight excluding hydrogens is 471 g/mol. The SMILES string of the molecule is CCN1C(=O)/C(=C\c2ccc(-c3cc(Cl)ccc3Cl)o2)SC1=Nc1ccc(C(=O)O)cc1. The summed E-state index contributed by atoms with van der Waals surface area (Å²) in [6, 6.07) is 14.8. The molecule has 1 aliphatic heterocycles. The van der Waals surface area contributed by atoms with Crippen LogP contribution in [-0.2, 0) is 4.79 Å². The molecule has 0 unspecified atom stereocenters. The number of carbonyl (C=O) groups is 2. The molecule has 1 aliphatic rings. The summed E-state index contributed by atoms with van der Waals surface area (Å²) in [5.41, 5.74) is 1.39. The van der Waals surface area contributed by atoms with Crippen molar-refractivity contribution in [1.82, 2.24) is 4.90 Å². The molecule has 162 valence electrons. The second-order valence-electron chi connectivity index (χ2n) is 6.73. The highest BCUT2D eigenvalue weighted by molar-refractivity contribution is 8.18. The smallest absolute Gasteiger partial charge is 0.335 e. The van der Waals surface area contributed by atoms with E-state index in [1.165, 1.54) is 23.9 Å². The van der Waals surface area contributed by atoms with Gasteiger partial charge in [-0.3, -0.25) is 9.69 Å². The highest BCUT2D eigenvalue weighted by Gasteiger charge is 2.32. The van der Waals surface area contributed by atoms with Gasteiger partial charge in [-0.15, -0.1) is 0 Å². The Hall–Kier alpha value is -3.00. The maximum Gasteiger partial charge on any atom is 0.335 e. The van der Waals surface area contributed by atoms with Crippen LogP contribution in [0.3, 0.4) is 0 Å². The molecule has 6 nitrogen and oxygen atoms in total. The first kappa shape index (κ1) is 22.2. The topological polar surface area (TPSA) is 83.1 Å². The second-order valence-corrected chi connectivity index (χ2v) is 8.59. The van der Waals surface area contributed by atoms with E-state index in [-0.39, 0.29) is 11.5 Å². The number of aromatic carboxylic acids is 1. The van der Waals surface area contributed by atoms with Gasteiger partial charge in [-0.2, -0.15) is 0 Å². The molecule has 4 rings (SSSR count). The molecule has 0 atom stereocenters. The molecule has 0 aliphatic carbocycles. The predicted molar refractivity (Wildman–Crippen MR) is 128 cm³/mol. The third-order valence-corrected chi connectivity index (χ3v) is 6.21. The number of thioether (sulfide) groups is 1. The lowest BCUT2D eigenvalue weighted by atomic mass is 10.2. The molecule has 32 heavy (non-hydrogen) atoms. The molecule has 0 saturated carbocycles. The van der Waals surface area contributed by atoms with Crippen LogP contribution in [0.2, 0.25) is 10.0 Å². The monoisotopic (exact) mass is 486 g/mol. The van der Waals surface area contributed by atoms with Crippen molar-refractivity contribution >= 4 is 63.8 Å².